The number of ketones is 1. The van der Waals surface area contributed by atoms with Crippen LogP contribution in [-0.2, 0) is 0 Å². The molecule has 0 N–H and O–H groups in total. The number of hydrogen-bond acceptors (Lipinski definition) is 1. The van der Waals surface area contributed by atoms with E-state index < -0.39 is 0 Å². The highest BCUT2D eigenvalue weighted by atomic mass is 35.5. The first-order valence-corrected chi connectivity index (χ1v) is 4.46. The zero-order valence-electron chi connectivity index (χ0n) is 7.67. The van der Waals surface area contributed by atoms with Gasteiger partial charge < -0.3 is 0 Å². The number of rotatable bonds is 2. The normalized spacial score (nSPS) is 11.5. The van der Waals surface area contributed by atoms with Crippen LogP contribution >= 0.6 is 11.6 Å². The third-order valence-corrected chi connectivity index (χ3v) is 2.15. The Morgan fingerprint density at radius 2 is 1.85 bits per heavy atom. The molecule has 0 unspecified atom stereocenters. The third-order valence-electron chi connectivity index (χ3n) is 1.90. The highest BCUT2D eigenvalue weighted by Gasteiger charge is 2.05. The molecule has 1 rings (SSSR count). The minimum Gasteiger partial charge on any atom is -0.289 e. The first-order chi connectivity index (χ1) is 6.15. The Bertz CT molecular complexity index is 336. The van der Waals surface area contributed by atoms with Crippen LogP contribution in [0.15, 0.2) is 35.9 Å². The quantitative estimate of drug-likeness (QED) is 0.520. The fourth-order valence-corrected chi connectivity index (χ4v) is 1.09. The van der Waals surface area contributed by atoms with E-state index in [4.69, 9.17) is 11.6 Å². The minimum absolute atomic E-state index is 0.0548. The van der Waals surface area contributed by atoms with Gasteiger partial charge in [0.2, 0.25) is 0 Å². The molecule has 0 aliphatic carbocycles. The number of Topliss-reactive ketones (excluding diaryl/α,β-unsaturated/α-hetero) is 1. The second-order valence-corrected chi connectivity index (χ2v) is 3.24. The Morgan fingerprint density at radius 3 is 2.31 bits per heavy atom. The summed E-state index contributed by atoms with van der Waals surface area (Å²) in [7, 11) is 0. The van der Waals surface area contributed by atoms with Crippen LogP contribution in [0.3, 0.4) is 0 Å². The molecule has 0 radical (unpaired) electrons. The number of benzene rings is 1. The molecular formula is C11H11ClO. The van der Waals surface area contributed by atoms with Crippen molar-refractivity contribution in [3.05, 3.63) is 46.5 Å². The van der Waals surface area contributed by atoms with Crippen molar-refractivity contribution in [2.75, 3.05) is 0 Å². The van der Waals surface area contributed by atoms with E-state index >= 15 is 0 Å². The third kappa shape index (κ3) is 2.43. The smallest absolute Gasteiger partial charge is 0.188 e. The van der Waals surface area contributed by atoms with Crippen LogP contribution in [0.4, 0.5) is 0 Å². The van der Waals surface area contributed by atoms with Crippen LogP contribution in [-0.4, -0.2) is 5.78 Å². The summed E-state index contributed by atoms with van der Waals surface area (Å²) in [6.07, 6.45) is 1.80. The number of carbonyl (C=O) groups is 1. The molecular weight excluding hydrogens is 184 g/mol. The van der Waals surface area contributed by atoms with E-state index in [0.717, 1.165) is 5.57 Å². The van der Waals surface area contributed by atoms with Crippen molar-refractivity contribution >= 4 is 17.4 Å². The highest BCUT2D eigenvalue weighted by Crippen LogP contribution is 2.12. The summed E-state index contributed by atoms with van der Waals surface area (Å²) >= 11 is 5.70. The molecule has 0 saturated carbocycles. The summed E-state index contributed by atoms with van der Waals surface area (Å²) in [6, 6.07) is 6.91. The Balaban J connectivity index is 2.97. The molecule has 0 aliphatic rings. The van der Waals surface area contributed by atoms with Gasteiger partial charge >= 0.3 is 0 Å². The van der Waals surface area contributed by atoms with Crippen LogP contribution < -0.4 is 0 Å². The van der Waals surface area contributed by atoms with Crippen molar-refractivity contribution in [2.45, 2.75) is 13.8 Å². The van der Waals surface area contributed by atoms with Gasteiger partial charge in [0.05, 0.1) is 0 Å². The number of carbonyl (C=O) groups excluding carboxylic acids is 1. The van der Waals surface area contributed by atoms with Gasteiger partial charge in [-0.05, 0) is 43.7 Å². The van der Waals surface area contributed by atoms with E-state index in [1.807, 2.05) is 6.92 Å². The minimum atomic E-state index is 0.0548. The summed E-state index contributed by atoms with van der Waals surface area (Å²) in [5.41, 5.74) is 1.43. The van der Waals surface area contributed by atoms with Gasteiger partial charge in [0.15, 0.2) is 5.78 Å². The number of hydrogen-bond donors (Lipinski definition) is 0. The monoisotopic (exact) mass is 194 g/mol. The molecule has 1 aromatic rings. The lowest BCUT2D eigenvalue weighted by molar-refractivity contribution is 0.103. The second-order valence-electron chi connectivity index (χ2n) is 2.81. The van der Waals surface area contributed by atoms with Crippen molar-refractivity contribution in [2.24, 2.45) is 0 Å². The molecule has 0 atom stereocenters. The molecule has 0 amide bonds. The van der Waals surface area contributed by atoms with Crippen LogP contribution in [0.2, 0.25) is 5.02 Å². The molecule has 0 bridgehead atoms. The molecule has 13 heavy (non-hydrogen) atoms. The zero-order valence-corrected chi connectivity index (χ0v) is 8.43. The fourth-order valence-electron chi connectivity index (χ4n) is 0.960. The molecule has 0 saturated heterocycles. The average Bonchev–Trinajstić information content (AvgIpc) is 2.17. The van der Waals surface area contributed by atoms with Crippen LogP contribution in [0.1, 0.15) is 24.2 Å². The molecule has 1 nitrogen and oxygen atoms in total. The molecule has 0 fully saturated rings. The van der Waals surface area contributed by atoms with Gasteiger partial charge in [-0.2, -0.15) is 0 Å². The van der Waals surface area contributed by atoms with Crippen molar-refractivity contribution in [3.8, 4) is 0 Å². The topological polar surface area (TPSA) is 17.1 Å². The zero-order chi connectivity index (χ0) is 9.84. The van der Waals surface area contributed by atoms with Crippen molar-refractivity contribution in [3.63, 3.8) is 0 Å². The number of allylic oxidation sites excluding steroid dienone is 2. The van der Waals surface area contributed by atoms with Gasteiger partial charge in [0, 0.05) is 10.6 Å². The van der Waals surface area contributed by atoms with Crippen LogP contribution in [0.25, 0.3) is 0 Å². The number of halogens is 1. The Labute approximate surface area is 83.0 Å². The van der Waals surface area contributed by atoms with Gasteiger partial charge in [0.25, 0.3) is 0 Å². The molecule has 2 heteroatoms. The largest absolute Gasteiger partial charge is 0.289 e. The van der Waals surface area contributed by atoms with Gasteiger partial charge in [-0.15, -0.1) is 0 Å². The standard InChI is InChI=1S/C11H11ClO/c1-3-8(2)11(13)9-4-6-10(12)7-5-9/h3-7H,1-2H3. The van der Waals surface area contributed by atoms with E-state index in [9.17, 15) is 4.79 Å². The van der Waals surface area contributed by atoms with Gasteiger partial charge in [-0.25, -0.2) is 0 Å². The van der Waals surface area contributed by atoms with E-state index in [1.54, 1.807) is 37.3 Å². The molecule has 0 spiro atoms. The summed E-state index contributed by atoms with van der Waals surface area (Å²) in [5, 5.41) is 0.648. The van der Waals surface area contributed by atoms with E-state index in [-0.39, 0.29) is 5.78 Å². The summed E-state index contributed by atoms with van der Waals surface area (Å²) < 4.78 is 0. The van der Waals surface area contributed by atoms with Gasteiger partial charge in [-0.3, -0.25) is 4.79 Å². The van der Waals surface area contributed by atoms with Gasteiger partial charge in [-0.1, -0.05) is 17.7 Å². The van der Waals surface area contributed by atoms with Crippen LogP contribution in [0, 0.1) is 0 Å². The molecule has 0 aliphatic heterocycles. The summed E-state index contributed by atoms with van der Waals surface area (Å²) in [5.74, 6) is 0.0548. The SMILES string of the molecule is CC=C(C)C(=O)c1ccc(Cl)cc1. The Hall–Kier alpha value is -1.08. The highest BCUT2D eigenvalue weighted by molar-refractivity contribution is 6.30. The molecule has 68 valence electrons. The first-order valence-electron chi connectivity index (χ1n) is 4.08. The maximum absolute atomic E-state index is 11.6. The second kappa shape index (κ2) is 4.24. The lowest BCUT2D eigenvalue weighted by Gasteiger charge is -1.99. The average molecular weight is 195 g/mol. The predicted octanol–water partition coefficient (Wildman–Crippen LogP) is 3.49. The van der Waals surface area contributed by atoms with Crippen LogP contribution in [0.5, 0.6) is 0 Å². The maximum atomic E-state index is 11.6. The summed E-state index contributed by atoms with van der Waals surface area (Å²) in [6.45, 7) is 3.65. The lowest BCUT2D eigenvalue weighted by atomic mass is 10.1. The van der Waals surface area contributed by atoms with Crippen molar-refractivity contribution < 1.29 is 4.79 Å². The van der Waals surface area contributed by atoms with E-state index in [0.29, 0.717) is 10.6 Å². The van der Waals surface area contributed by atoms with Crippen molar-refractivity contribution in [1.82, 2.24) is 0 Å². The fraction of sp³-hybridized carbons (Fsp3) is 0.182. The maximum Gasteiger partial charge on any atom is 0.188 e. The van der Waals surface area contributed by atoms with Gasteiger partial charge in [0.1, 0.15) is 0 Å². The summed E-state index contributed by atoms with van der Waals surface area (Å²) in [4.78, 5) is 11.6. The van der Waals surface area contributed by atoms with E-state index in [1.165, 1.54) is 0 Å². The lowest BCUT2D eigenvalue weighted by Crippen LogP contribution is -1.99. The Morgan fingerprint density at radius 1 is 1.31 bits per heavy atom. The van der Waals surface area contributed by atoms with Crippen molar-refractivity contribution in [1.29, 1.82) is 0 Å². The predicted molar refractivity (Wildman–Crippen MR) is 55.2 cm³/mol. The molecule has 0 aromatic heterocycles. The Kier molecular flexibility index (Phi) is 3.26. The molecule has 1 aromatic carbocycles. The van der Waals surface area contributed by atoms with E-state index in [2.05, 4.69) is 0 Å². The first kappa shape index (κ1) is 10.0. The molecule has 0 heterocycles.